The van der Waals surface area contributed by atoms with E-state index >= 15 is 0 Å². The van der Waals surface area contributed by atoms with Crippen LogP contribution in [0.15, 0.2) is 41.6 Å². The zero-order valence-corrected chi connectivity index (χ0v) is 11.2. The van der Waals surface area contributed by atoms with Crippen molar-refractivity contribution in [1.82, 2.24) is 10.4 Å². The maximum atomic E-state index is 12.0. The van der Waals surface area contributed by atoms with E-state index in [1.54, 1.807) is 24.4 Å². The summed E-state index contributed by atoms with van der Waals surface area (Å²) in [5, 5.41) is 3.86. The summed E-state index contributed by atoms with van der Waals surface area (Å²) < 4.78 is 10.2. The monoisotopic (exact) mass is 273 g/mol. The first-order chi connectivity index (χ1) is 9.72. The molecule has 20 heavy (non-hydrogen) atoms. The van der Waals surface area contributed by atoms with Crippen LogP contribution in [-0.2, 0) is 0 Å². The molecule has 0 spiro atoms. The van der Waals surface area contributed by atoms with Crippen LogP contribution in [0.25, 0.3) is 0 Å². The Kier molecular flexibility index (Phi) is 4.39. The molecule has 2 N–H and O–H groups in total. The van der Waals surface area contributed by atoms with Crippen LogP contribution >= 0.6 is 0 Å². The van der Waals surface area contributed by atoms with Gasteiger partial charge < -0.3 is 14.5 Å². The number of aromatic amines is 1. The lowest BCUT2D eigenvalue weighted by molar-refractivity contribution is 0.0954. The summed E-state index contributed by atoms with van der Waals surface area (Å²) in [7, 11) is 3.06. The summed E-state index contributed by atoms with van der Waals surface area (Å²) in [5.74, 6) is 0.746. The van der Waals surface area contributed by atoms with Crippen LogP contribution in [0.1, 0.15) is 16.1 Å². The highest BCUT2D eigenvalue weighted by atomic mass is 16.5. The Morgan fingerprint density at radius 3 is 2.50 bits per heavy atom. The Bertz CT molecular complexity index is 584. The molecule has 0 atom stereocenters. The minimum absolute atomic E-state index is 0.343. The first-order valence-electron chi connectivity index (χ1n) is 5.93. The Labute approximate surface area is 116 Å². The van der Waals surface area contributed by atoms with Crippen molar-refractivity contribution in [2.75, 3.05) is 14.2 Å². The first kappa shape index (κ1) is 13.7. The molecule has 0 radical (unpaired) electrons. The van der Waals surface area contributed by atoms with E-state index in [0.717, 1.165) is 5.69 Å². The zero-order valence-electron chi connectivity index (χ0n) is 11.2. The fourth-order valence-corrected chi connectivity index (χ4v) is 1.59. The largest absolute Gasteiger partial charge is 0.497 e. The average molecular weight is 273 g/mol. The molecule has 2 rings (SSSR count). The molecular weight excluding hydrogens is 258 g/mol. The van der Waals surface area contributed by atoms with Gasteiger partial charge in [-0.2, -0.15) is 5.10 Å². The van der Waals surface area contributed by atoms with Gasteiger partial charge in [-0.25, -0.2) is 5.43 Å². The number of nitrogens with one attached hydrogen (secondary N) is 2. The van der Waals surface area contributed by atoms with Crippen LogP contribution in [0.5, 0.6) is 11.5 Å². The Hall–Kier alpha value is -2.76. The number of carbonyl (C=O) groups excluding carboxylic acids is 1. The molecule has 0 saturated carbocycles. The number of aromatic nitrogens is 1. The first-order valence-corrected chi connectivity index (χ1v) is 5.93. The second-order valence-electron chi connectivity index (χ2n) is 3.93. The Morgan fingerprint density at radius 2 is 1.95 bits per heavy atom. The summed E-state index contributed by atoms with van der Waals surface area (Å²) >= 11 is 0. The molecule has 1 amide bonds. The number of carbonyl (C=O) groups is 1. The smallest absolute Gasteiger partial charge is 0.271 e. The third kappa shape index (κ3) is 3.38. The van der Waals surface area contributed by atoms with Gasteiger partial charge >= 0.3 is 0 Å². The summed E-state index contributed by atoms with van der Waals surface area (Å²) in [4.78, 5) is 14.9. The van der Waals surface area contributed by atoms with Crippen LogP contribution in [0.3, 0.4) is 0 Å². The summed E-state index contributed by atoms with van der Waals surface area (Å²) in [6, 6.07) is 8.60. The minimum atomic E-state index is -0.343. The van der Waals surface area contributed by atoms with Crippen molar-refractivity contribution in [3.8, 4) is 11.5 Å². The lowest BCUT2D eigenvalue weighted by Crippen LogP contribution is -2.17. The molecular formula is C14H15N3O3. The van der Waals surface area contributed by atoms with E-state index in [1.807, 2.05) is 12.1 Å². The van der Waals surface area contributed by atoms with Crippen molar-refractivity contribution in [1.29, 1.82) is 0 Å². The number of H-pyrrole nitrogens is 1. The van der Waals surface area contributed by atoms with Crippen molar-refractivity contribution in [3.05, 3.63) is 47.8 Å². The van der Waals surface area contributed by atoms with Crippen molar-refractivity contribution < 1.29 is 14.3 Å². The standard InChI is InChI=1S/C14H15N3O3/c1-19-12-6-10(7-13(8-12)20-2)14(18)17-16-9-11-4-3-5-15-11/h3-9,15H,1-2H3,(H,17,18)/b16-9-. The van der Waals surface area contributed by atoms with Gasteiger partial charge in [0.2, 0.25) is 0 Å². The molecule has 0 saturated heterocycles. The number of hydrazone groups is 1. The predicted molar refractivity (Wildman–Crippen MR) is 75.4 cm³/mol. The number of hydrogen-bond donors (Lipinski definition) is 2. The maximum Gasteiger partial charge on any atom is 0.271 e. The molecule has 1 heterocycles. The molecule has 1 aromatic carbocycles. The van der Waals surface area contributed by atoms with Crippen LogP contribution in [0, 0.1) is 0 Å². The lowest BCUT2D eigenvalue weighted by atomic mass is 10.2. The molecule has 0 aliphatic rings. The van der Waals surface area contributed by atoms with Gasteiger partial charge in [-0.1, -0.05) is 0 Å². The number of ether oxygens (including phenoxy) is 2. The highest BCUT2D eigenvalue weighted by Crippen LogP contribution is 2.22. The topological polar surface area (TPSA) is 75.7 Å². The van der Waals surface area contributed by atoms with E-state index < -0.39 is 0 Å². The molecule has 2 aromatic rings. The second kappa shape index (κ2) is 6.42. The normalized spacial score (nSPS) is 10.5. The van der Waals surface area contributed by atoms with Crippen molar-refractivity contribution in [3.63, 3.8) is 0 Å². The summed E-state index contributed by atoms with van der Waals surface area (Å²) in [6.45, 7) is 0. The van der Waals surface area contributed by atoms with E-state index in [2.05, 4.69) is 15.5 Å². The van der Waals surface area contributed by atoms with E-state index in [-0.39, 0.29) is 5.91 Å². The SMILES string of the molecule is COc1cc(OC)cc(C(=O)N/N=C\c2ccc[nH]2)c1. The van der Waals surface area contributed by atoms with Gasteiger partial charge in [0.25, 0.3) is 5.91 Å². The average Bonchev–Trinajstić information content (AvgIpc) is 2.99. The summed E-state index contributed by atoms with van der Waals surface area (Å²) in [6.07, 6.45) is 3.30. The van der Waals surface area contributed by atoms with Crippen molar-refractivity contribution in [2.24, 2.45) is 5.10 Å². The van der Waals surface area contributed by atoms with Gasteiger partial charge in [0.1, 0.15) is 11.5 Å². The lowest BCUT2D eigenvalue weighted by Gasteiger charge is -2.07. The van der Waals surface area contributed by atoms with Gasteiger partial charge in [-0.05, 0) is 24.3 Å². The molecule has 0 unspecified atom stereocenters. The van der Waals surface area contributed by atoms with Gasteiger partial charge in [0.15, 0.2) is 0 Å². The molecule has 0 fully saturated rings. The molecule has 104 valence electrons. The number of rotatable bonds is 5. The minimum Gasteiger partial charge on any atom is -0.497 e. The Morgan fingerprint density at radius 1 is 1.25 bits per heavy atom. The second-order valence-corrected chi connectivity index (χ2v) is 3.93. The van der Waals surface area contributed by atoms with E-state index in [1.165, 1.54) is 20.4 Å². The third-order valence-corrected chi connectivity index (χ3v) is 2.61. The number of amides is 1. The van der Waals surface area contributed by atoms with E-state index in [9.17, 15) is 4.79 Å². The predicted octanol–water partition coefficient (Wildman–Crippen LogP) is 1.80. The van der Waals surface area contributed by atoms with Crippen LogP contribution in [0.2, 0.25) is 0 Å². The molecule has 0 bridgehead atoms. The van der Waals surface area contributed by atoms with E-state index in [4.69, 9.17) is 9.47 Å². The molecule has 6 heteroatoms. The van der Waals surface area contributed by atoms with Gasteiger partial charge in [-0.3, -0.25) is 4.79 Å². The van der Waals surface area contributed by atoms with Crippen LogP contribution < -0.4 is 14.9 Å². The number of nitrogens with zero attached hydrogens (tertiary/aromatic N) is 1. The molecule has 6 nitrogen and oxygen atoms in total. The van der Waals surface area contributed by atoms with Crippen molar-refractivity contribution >= 4 is 12.1 Å². The fourth-order valence-electron chi connectivity index (χ4n) is 1.59. The molecule has 0 aliphatic carbocycles. The zero-order chi connectivity index (χ0) is 14.4. The quantitative estimate of drug-likeness (QED) is 0.644. The maximum absolute atomic E-state index is 12.0. The fraction of sp³-hybridized carbons (Fsp3) is 0.143. The number of methoxy groups -OCH3 is 2. The number of benzene rings is 1. The molecule has 0 aliphatic heterocycles. The molecule has 1 aromatic heterocycles. The van der Waals surface area contributed by atoms with Crippen molar-refractivity contribution in [2.45, 2.75) is 0 Å². The number of hydrogen-bond acceptors (Lipinski definition) is 4. The van der Waals surface area contributed by atoms with Crippen LogP contribution in [-0.4, -0.2) is 31.3 Å². The third-order valence-electron chi connectivity index (χ3n) is 2.61. The Balaban J connectivity index is 2.08. The highest BCUT2D eigenvalue weighted by molar-refractivity contribution is 5.95. The van der Waals surface area contributed by atoms with E-state index in [0.29, 0.717) is 17.1 Å². The summed E-state index contributed by atoms with van der Waals surface area (Å²) in [5.41, 5.74) is 3.65. The van der Waals surface area contributed by atoms with Gasteiger partial charge in [-0.15, -0.1) is 0 Å². The van der Waals surface area contributed by atoms with Crippen LogP contribution in [0.4, 0.5) is 0 Å². The van der Waals surface area contributed by atoms with Gasteiger partial charge in [0.05, 0.1) is 26.1 Å². The van der Waals surface area contributed by atoms with Gasteiger partial charge in [0, 0.05) is 17.8 Å². The highest BCUT2D eigenvalue weighted by Gasteiger charge is 2.08.